The topological polar surface area (TPSA) is 74.6 Å². The molecule has 0 aliphatic carbocycles. The van der Waals surface area contributed by atoms with E-state index in [9.17, 15) is 9.59 Å². The highest BCUT2D eigenvalue weighted by Gasteiger charge is 2.06. The predicted octanol–water partition coefficient (Wildman–Crippen LogP) is 0.495. The Balaban J connectivity index is 4.51. The van der Waals surface area contributed by atoms with Crippen LogP contribution in [0.15, 0.2) is 11.6 Å². The van der Waals surface area contributed by atoms with E-state index in [-0.39, 0.29) is 12.0 Å². The van der Waals surface area contributed by atoms with Crippen molar-refractivity contribution in [2.24, 2.45) is 0 Å². The molecule has 0 aromatic rings. The van der Waals surface area contributed by atoms with Crippen molar-refractivity contribution in [1.82, 2.24) is 0 Å². The Morgan fingerprint density at radius 1 is 1.42 bits per heavy atom. The zero-order chi connectivity index (χ0) is 9.56. The first-order valence-corrected chi connectivity index (χ1v) is 3.14. The second kappa shape index (κ2) is 4.97. The molecular formula is C8H8O4. The number of aliphatic carboxylic acids is 2. The number of carbonyl (C=O) groups is 2. The van der Waals surface area contributed by atoms with Crippen LogP contribution < -0.4 is 0 Å². The van der Waals surface area contributed by atoms with Gasteiger partial charge in [0.05, 0.1) is 5.57 Å². The van der Waals surface area contributed by atoms with Crippen molar-refractivity contribution in [2.75, 3.05) is 0 Å². The van der Waals surface area contributed by atoms with E-state index >= 15 is 0 Å². The molecule has 4 heteroatoms. The van der Waals surface area contributed by atoms with Gasteiger partial charge in [0.25, 0.3) is 0 Å². The van der Waals surface area contributed by atoms with Gasteiger partial charge in [-0.25, -0.2) is 9.59 Å². The Morgan fingerprint density at radius 3 is 2.33 bits per heavy atom. The third-order valence-electron chi connectivity index (χ3n) is 1.03. The number of hydrogen-bond donors (Lipinski definition) is 2. The summed E-state index contributed by atoms with van der Waals surface area (Å²) in [7, 11) is 0. The van der Waals surface area contributed by atoms with Gasteiger partial charge in [-0.1, -0.05) is 5.92 Å². The fraction of sp³-hybridized carbons (Fsp3) is 0.250. The number of carboxylic acids is 2. The van der Waals surface area contributed by atoms with Crippen molar-refractivity contribution in [3.63, 3.8) is 0 Å². The second-order valence-corrected chi connectivity index (χ2v) is 1.92. The molecule has 12 heavy (non-hydrogen) atoms. The van der Waals surface area contributed by atoms with Gasteiger partial charge in [0.1, 0.15) is 0 Å². The minimum absolute atomic E-state index is 0.0435. The van der Waals surface area contributed by atoms with Crippen molar-refractivity contribution in [3.05, 3.63) is 11.6 Å². The first-order valence-electron chi connectivity index (χ1n) is 3.14. The molecule has 64 valence electrons. The van der Waals surface area contributed by atoms with Crippen LogP contribution in [0.2, 0.25) is 0 Å². The summed E-state index contributed by atoms with van der Waals surface area (Å²) in [5.41, 5.74) is -0.211. The Bertz CT molecular complexity index is 277. The van der Waals surface area contributed by atoms with Crippen molar-refractivity contribution in [3.8, 4) is 11.8 Å². The van der Waals surface area contributed by atoms with Crippen LogP contribution in [0.25, 0.3) is 0 Å². The molecule has 0 bridgehead atoms. The lowest BCUT2D eigenvalue weighted by Gasteiger charge is -1.92. The van der Waals surface area contributed by atoms with Crippen LogP contribution in [0.1, 0.15) is 13.3 Å². The Labute approximate surface area is 69.5 Å². The summed E-state index contributed by atoms with van der Waals surface area (Å²) in [4.78, 5) is 20.4. The summed E-state index contributed by atoms with van der Waals surface area (Å²) < 4.78 is 0. The number of hydrogen-bond acceptors (Lipinski definition) is 2. The van der Waals surface area contributed by atoms with Crippen molar-refractivity contribution >= 4 is 11.9 Å². The normalized spacial score (nSPS) is 9.92. The van der Waals surface area contributed by atoms with Gasteiger partial charge < -0.3 is 10.2 Å². The van der Waals surface area contributed by atoms with Gasteiger partial charge in [0, 0.05) is 12.5 Å². The average molecular weight is 168 g/mol. The Hall–Kier alpha value is -1.76. The average Bonchev–Trinajstić information content (AvgIpc) is 1.96. The van der Waals surface area contributed by atoms with Gasteiger partial charge >= 0.3 is 11.9 Å². The molecule has 0 heterocycles. The van der Waals surface area contributed by atoms with Gasteiger partial charge in [-0.2, -0.15) is 0 Å². The predicted molar refractivity (Wildman–Crippen MR) is 41.4 cm³/mol. The molecule has 0 atom stereocenters. The molecule has 0 aliphatic rings. The monoisotopic (exact) mass is 168 g/mol. The molecule has 0 radical (unpaired) electrons. The summed E-state index contributed by atoms with van der Waals surface area (Å²) in [6.07, 6.45) is 0.602. The molecule has 0 unspecified atom stereocenters. The molecular weight excluding hydrogens is 160 g/mol. The van der Waals surface area contributed by atoms with Crippen LogP contribution in [-0.4, -0.2) is 22.2 Å². The molecule has 0 amide bonds. The third-order valence-corrected chi connectivity index (χ3v) is 1.03. The minimum atomic E-state index is -1.27. The summed E-state index contributed by atoms with van der Waals surface area (Å²) in [6.45, 7) is 1.56. The Kier molecular flexibility index (Phi) is 4.24. The van der Waals surface area contributed by atoms with Gasteiger partial charge in [0.15, 0.2) is 0 Å². The highest BCUT2D eigenvalue weighted by molar-refractivity contribution is 5.94. The fourth-order valence-corrected chi connectivity index (χ4v) is 0.521. The minimum Gasteiger partial charge on any atom is -0.478 e. The quantitative estimate of drug-likeness (QED) is 0.475. The SMILES string of the molecule is CC#CC/C(=C/C(=O)O)C(=O)O. The van der Waals surface area contributed by atoms with Crippen LogP contribution in [0, 0.1) is 11.8 Å². The molecule has 0 aromatic heterocycles. The van der Waals surface area contributed by atoms with E-state index in [0.29, 0.717) is 6.08 Å². The third kappa shape index (κ3) is 4.12. The van der Waals surface area contributed by atoms with Crippen LogP contribution in [0.3, 0.4) is 0 Å². The summed E-state index contributed by atoms with van der Waals surface area (Å²) in [5, 5.41) is 16.7. The van der Waals surface area contributed by atoms with E-state index in [1.807, 2.05) is 0 Å². The summed E-state index contributed by atoms with van der Waals surface area (Å²) in [6, 6.07) is 0. The lowest BCUT2D eigenvalue weighted by Crippen LogP contribution is -2.03. The number of rotatable bonds is 3. The van der Waals surface area contributed by atoms with Crippen molar-refractivity contribution < 1.29 is 19.8 Å². The zero-order valence-corrected chi connectivity index (χ0v) is 6.50. The van der Waals surface area contributed by atoms with Gasteiger partial charge in [-0.05, 0) is 6.92 Å². The van der Waals surface area contributed by atoms with E-state index in [1.54, 1.807) is 6.92 Å². The Morgan fingerprint density at radius 2 is 2.00 bits per heavy atom. The highest BCUT2D eigenvalue weighted by atomic mass is 16.4. The molecule has 0 aromatic carbocycles. The molecule has 0 fully saturated rings. The smallest absolute Gasteiger partial charge is 0.332 e. The van der Waals surface area contributed by atoms with E-state index in [4.69, 9.17) is 10.2 Å². The molecule has 0 saturated heterocycles. The largest absolute Gasteiger partial charge is 0.478 e. The van der Waals surface area contributed by atoms with E-state index in [0.717, 1.165) is 0 Å². The fourth-order valence-electron chi connectivity index (χ4n) is 0.521. The van der Waals surface area contributed by atoms with Crippen LogP contribution in [0.4, 0.5) is 0 Å². The van der Waals surface area contributed by atoms with Gasteiger partial charge in [0.2, 0.25) is 0 Å². The molecule has 4 nitrogen and oxygen atoms in total. The van der Waals surface area contributed by atoms with Gasteiger partial charge in [-0.3, -0.25) is 0 Å². The summed E-state index contributed by atoms with van der Waals surface area (Å²) in [5.74, 6) is 2.43. The highest BCUT2D eigenvalue weighted by Crippen LogP contribution is 1.99. The molecule has 0 rings (SSSR count). The maximum absolute atomic E-state index is 10.3. The lowest BCUT2D eigenvalue weighted by molar-refractivity contribution is -0.135. The zero-order valence-electron chi connectivity index (χ0n) is 6.50. The number of carboxylic acid groups (broad SMARTS) is 2. The molecule has 2 N–H and O–H groups in total. The standard InChI is InChI=1S/C8H8O4/c1-2-3-4-6(8(11)12)5-7(9)10/h5H,4H2,1H3,(H,9,10)(H,11,12)/b6-5-. The van der Waals surface area contributed by atoms with E-state index in [1.165, 1.54) is 0 Å². The van der Waals surface area contributed by atoms with Crippen LogP contribution in [-0.2, 0) is 9.59 Å². The van der Waals surface area contributed by atoms with Crippen molar-refractivity contribution in [1.29, 1.82) is 0 Å². The summed E-state index contributed by atoms with van der Waals surface area (Å²) >= 11 is 0. The van der Waals surface area contributed by atoms with Crippen LogP contribution in [0.5, 0.6) is 0 Å². The second-order valence-electron chi connectivity index (χ2n) is 1.92. The first-order chi connectivity index (χ1) is 5.57. The van der Waals surface area contributed by atoms with Gasteiger partial charge in [-0.15, -0.1) is 5.92 Å². The maximum atomic E-state index is 10.3. The maximum Gasteiger partial charge on any atom is 0.332 e. The first kappa shape index (κ1) is 10.2. The van der Waals surface area contributed by atoms with E-state index in [2.05, 4.69) is 11.8 Å². The molecule has 0 aliphatic heterocycles. The molecule has 0 spiro atoms. The molecule has 0 saturated carbocycles. The van der Waals surface area contributed by atoms with E-state index < -0.39 is 11.9 Å². The lowest BCUT2D eigenvalue weighted by atomic mass is 10.2. The van der Waals surface area contributed by atoms with Crippen LogP contribution >= 0.6 is 0 Å². The van der Waals surface area contributed by atoms with Crippen molar-refractivity contribution in [2.45, 2.75) is 13.3 Å².